The van der Waals surface area contributed by atoms with Crippen molar-refractivity contribution >= 4 is 0 Å². The Morgan fingerprint density at radius 1 is 0.947 bits per heavy atom. The molecule has 0 fully saturated rings. The minimum absolute atomic E-state index is 0.374. The first kappa shape index (κ1) is 13.7. The summed E-state index contributed by atoms with van der Waals surface area (Å²) in [7, 11) is 0. The lowest BCUT2D eigenvalue weighted by Crippen LogP contribution is -2.38. The van der Waals surface area contributed by atoms with Crippen LogP contribution < -0.4 is 0 Å². The predicted molar refractivity (Wildman–Crippen MR) is 72.3 cm³/mol. The third-order valence-corrected chi connectivity index (χ3v) is 3.38. The highest BCUT2D eigenvalue weighted by Gasteiger charge is 2.36. The number of hydrogen-bond acceptors (Lipinski definition) is 2. The summed E-state index contributed by atoms with van der Waals surface area (Å²) in [4.78, 5) is 0. The van der Waals surface area contributed by atoms with Gasteiger partial charge >= 0.3 is 0 Å². The highest BCUT2D eigenvalue weighted by Crippen LogP contribution is 2.33. The summed E-state index contributed by atoms with van der Waals surface area (Å²) in [6.07, 6.45) is -1.01. The van der Waals surface area contributed by atoms with Crippen LogP contribution in [-0.2, 0) is 5.60 Å². The zero-order valence-electron chi connectivity index (χ0n) is 11.0. The molecular weight excluding hydrogens is 243 g/mol. The van der Waals surface area contributed by atoms with Crippen molar-refractivity contribution in [3.63, 3.8) is 0 Å². The lowest BCUT2D eigenvalue weighted by Gasteiger charge is -2.32. The van der Waals surface area contributed by atoms with E-state index in [4.69, 9.17) is 0 Å². The molecule has 0 radical (unpaired) electrons. The Morgan fingerprint density at radius 2 is 1.37 bits per heavy atom. The van der Waals surface area contributed by atoms with E-state index in [0.717, 1.165) is 5.56 Å². The van der Waals surface area contributed by atoms with Gasteiger partial charge in [-0.3, -0.25) is 0 Å². The third-order valence-electron chi connectivity index (χ3n) is 3.38. The molecule has 2 aromatic carbocycles. The van der Waals surface area contributed by atoms with Gasteiger partial charge in [-0.05, 0) is 37.1 Å². The summed E-state index contributed by atoms with van der Waals surface area (Å²) in [6, 6.07) is 12.8. The van der Waals surface area contributed by atoms with E-state index >= 15 is 0 Å². The van der Waals surface area contributed by atoms with Crippen molar-refractivity contribution in [2.75, 3.05) is 0 Å². The number of aliphatic hydroxyl groups is 2. The molecule has 2 N–H and O–H groups in total. The van der Waals surface area contributed by atoms with Gasteiger partial charge in [-0.15, -0.1) is 0 Å². The van der Waals surface area contributed by atoms with Gasteiger partial charge in [0.15, 0.2) is 0 Å². The van der Waals surface area contributed by atoms with Gasteiger partial charge in [0.2, 0.25) is 0 Å². The molecule has 100 valence electrons. The van der Waals surface area contributed by atoms with Crippen molar-refractivity contribution in [2.45, 2.75) is 25.6 Å². The van der Waals surface area contributed by atoms with Crippen molar-refractivity contribution in [3.05, 3.63) is 71.0 Å². The maximum absolute atomic E-state index is 13.0. The minimum Gasteiger partial charge on any atom is -0.390 e. The average molecular weight is 260 g/mol. The largest absolute Gasteiger partial charge is 0.390 e. The summed E-state index contributed by atoms with van der Waals surface area (Å²) in [5.74, 6) is -0.374. The molecule has 2 rings (SSSR count). The van der Waals surface area contributed by atoms with Crippen LogP contribution >= 0.6 is 0 Å². The van der Waals surface area contributed by atoms with Crippen LogP contribution in [0.25, 0.3) is 0 Å². The fourth-order valence-corrected chi connectivity index (χ4v) is 2.16. The smallest absolute Gasteiger partial charge is 0.140 e. The fourth-order valence-electron chi connectivity index (χ4n) is 2.16. The second-order valence-corrected chi connectivity index (χ2v) is 4.82. The van der Waals surface area contributed by atoms with Gasteiger partial charge in [0.1, 0.15) is 11.4 Å². The maximum atomic E-state index is 13.0. The van der Waals surface area contributed by atoms with Crippen LogP contribution in [0.15, 0.2) is 48.5 Å². The third kappa shape index (κ3) is 2.53. The standard InChI is InChI=1S/C16H17FO2/c1-11-3-5-13(6-4-11)16(19,12(2)18)14-7-9-15(17)10-8-14/h3-10,12,18-19H,1-2H3/t12-,16?/m0/s1. The quantitative estimate of drug-likeness (QED) is 0.891. The van der Waals surface area contributed by atoms with Gasteiger partial charge in [0.05, 0.1) is 6.10 Å². The molecule has 2 aromatic rings. The Labute approximate surface area is 112 Å². The Balaban J connectivity index is 2.54. The minimum atomic E-state index is -1.54. The van der Waals surface area contributed by atoms with Gasteiger partial charge in [0.25, 0.3) is 0 Å². The molecule has 2 nitrogen and oxygen atoms in total. The number of hydrogen-bond donors (Lipinski definition) is 2. The van der Waals surface area contributed by atoms with Crippen LogP contribution in [0.1, 0.15) is 23.6 Å². The highest BCUT2D eigenvalue weighted by molar-refractivity contribution is 5.38. The molecule has 1 unspecified atom stereocenters. The van der Waals surface area contributed by atoms with Crippen LogP contribution in [0.4, 0.5) is 4.39 Å². The SMILES string of the molecule is Cc1ccc(C(O)(c2ccc(F)cc2)[C@H](C)O)cc1. The van der Waals surface area contributed by atoms with Crippen LogP contribution in [0.5, 0.6) is 0 Å². The molecule has 0 heterocycles. The Morgan fingerprint density at radius 3 is 1.79 bits per heavy atom. The normalized spacial score (nSPS) is 15.8. The summed E-state index contributed by atoms with van der Waals surface area (Å²) in [5.41, 5.74) is 0.574. The van der Waals surface area contributed by atoms with E-state index < -0.39 is 11.7 Å². The van der Waals surface area contributed by atoms with Crippen molar-refractivity contribution < 1.29 is 14.6 Å². The molecular formula is C16H17FO2. The first-order chi connectivity index (χ1) is 8.94. The maximum Gasteiger partial charge on any atom is 0.140 e. The summed E-state index contributed by atoms with van der Waals surface area (Å²) >= 11 is 0. The number of benzene rings is 2. The van der Waals surface area contributed by atoms with Gasteiger partial charge in [-0.25, -0.2) is 4.39 Å². The molecule has 3 heteroatoms. The zero-order valence-corrected chi connectivity index (χ0v) is 11.0. The van der Waals surface area contributed by atoms with E-state index in [1.807, 2.05) is 19.1 Å². The summed E-state index contributed by atoms with van der Waals surface area (Å²) in [6.45, 7) is 3.46. The molecule has 0 saturated heterocycles. The fraction of sp³-hybridized carbons (Fsp3) is 0.250. The van der Waals surface area contributed by atoms with Crippen molar-refractivity contribution in [2.24, 2.45) is 0 Å². The molecule has 0 saturated carbocycles. The van der Waals surface area contributed by atoms with Crippen LogP contribution in [0, 0.1) is 12.7 Å². The Kier molecular flexibility index (Phi) is 3.69. The van der Waals surface area contributed by atoms with Crippen molar-refractivity contribution in [1.29, 1.82) is 0 Å². The van der Waals surface area contributed by atoms with Crippen LogP contribution in [-0.4, -0.2) is 16.3 Å². The molecule has 0 aliphatic heterocycles. The Bertz CT molecular complexity index is 498. The van der Waals surface area contributed by atoms with Crippen LogP contribution in [0.2, 0.25) is 0 Å². The molecule has 0 spiro atoms. The van der Waals surface area contributed by atoms with Gasteiger partial charge in [-0.2, -0.15) is 0 Å². The zero-order chi connectivity index (χ0) is 14.0. The number of halogens is 1. The molecule has 0 bridgehead atoms. The molecule has 0 aliphatic rings. The van der Waals surface area contributed by atoms with E-state index in [1.54, 1.807) is 12.1 Å². The monoisotopic (exact) mass is 260 g/mol. The molecule has 0 aromatic heterocycles. The van der Waals surface area contributed by atoms with Crippen molar-refractivity contribution in [1.82, 2.24) is 0 Å². The van der Waals surface area contributed by atoms with Gasteiger partial charge in [0, 0.05) is 0 Å². The summed E-state index contributed by atoms with van der Waals surface area (Å²) in [5, 5.41) is 20.8. The van der Waals surface area contributed by atoms with E-state index in [9.17, 15) is 14.6 Å². The van der Waals surface area contributed by atoms with Crippen molar-refractivity contribution in [3.8, 4) is 0 Å². The summed E-state index contributed by atoms with van der Waals surface area (Å²) < 4.78 is 13.0. The molecule has 2 atom stereocenters. The van der Waals surface area contributed by atoms with Gasteiger partial charge < -0.3 is 10.2 Å². The Hall–Kier alpha value is -1.71. The second kappa shape index (κ2) is 5.11. The van der Waals surface area contributed by atoms with Gasteiger partial charge in [-0.1, -0.05) is 42.0 Å². The first-order valence-electron chi connectivity index (χ1n) is 6.18. The first-order valence-corrected chi connectivity index (χ1v) is 6.18. The number of aliphatic hydroxyl groups excluding tert-OH is 1. The highest BCUT2D eigenvalue weighted by atomic mass is 19.1. The lowest BCUT2D eigenvalue weighted by molar-refractivity contribution is -0.0394. The molecule has 0 amide bonds. The van der Waals surface area contributed by atoms with E-state index in [2.05, 4.69) is 0 Å². The number of rotatable bonds is 3. The molecule has 0 aliphatic carbocycles. The average Bonchev–Trinajstić information content (AvgIpc) is 2.39. The lowest BCUT2D eigenvalue weighted by atomic mass is 9.82. The van der Waals surface area contributed by atoms with E-state index in [-0.39, 0.29) is 5.82 Å². The topological polar surface area (TPSA) is 40.5 Å². The number of aryl methyl sites for hydroxylation is 1. The predicted octanol–water partition coefficient (Wildman–Crippen LogP) is 2.75. The van der Waals surface area contributed by atoms with Crippen LogP contribution in [0.3, 0.4) is 0 Å². The van der Waals surface area contributed by atoms with E-state index in [1.165, 1.54) is 31.2 Å². The second-order valence-electron chi connectivity index (χ2n) is 4.82. The molecule has 19 heavy (non-hydrogen) atoms. The van der Waals surface area contributed by atoms with E-state index in [0.29, 0.717) is 11.1 Å².